The first kappa shape index (κ1) is 20.7. The number of carbonyl (C=O) groups is 1. The highest BCUT2D eigenvalue weighted by atomic mass is 16.5. The Balaban J connectivity index is 1.72. The third-order valence-electron chi connectivity index (χ3n) is 4.89. The lowest BCUT2D eigenvalue weighted by Crippen LogP contribution is -2.23. The van der Waals surface area contributed by atoms with Gasteiger partial charge in [-0.2, -0.15) is 0 Å². The monoisotopic (exact) mass is 360 g/mol. The zero-order valence-electron chi connectivity index (χ0n) is 15.7. The number of cyclic esters (lactones) is 1. The summed E-state index contributed by atoms with van der Waals surface area (Å²) in [6.07, 6.45) is 19.6. The molecule has 2 N–H and O–H groups in total. The number of hydrogen-bond acceptors (Lipinski definition) is 4. The van der Waals surface area contributed by atoms with Crippen LogP contribution < -0.4 is 0 Å². The third-order valence-corrected chi connectivity index (χ3v) is 4.89. The number of rotatable bonds is 9. The van der Waals surface area contributed by atoms with E-state index in [2.05, 4.69) is 25.2 Å². The maximum Gasteiger partial charge on any atom is 0.306 e. The molecule has 26 heavy (non-hydrogen) atoms. The molecule has 0 aromatic rings. The molecule has 0 radical (unpaired) electrons. The number of hydrogen-bond donors (Lipinski definition) is 2. The van der Waals surface area contributed by atoms with E-state index in [4.69, 9.17) is 4.74 Å². The Bertz CT molecular complexity index is 546. The molecule has 0 saturated heterocycles. The fraction of sp³-hybridized carbons (Fsp3) is 0.591. The van der Waals surface area contributed by atoms with Crippen LogP contribution in [0.4, 0.5) is 0 Å². The average Bonchev–Trinajstić information content (AvgIpc) is 3.39. The Labute approximate surface area is 156 Å². The van der Waals surface area contributed by atoms with Crippen LogP contribution >= 0.6 is 0 Å². The first-order valence-corrected chi connectivity index (χ1v) is 9.80. The minimum Gasteiger partial charge on any atom is -0.462 e. The Kier molecular flexibility index (Phi) is 8.86. The second-order valence-electron chi connectivity index (χ2n) is 7.10. The highest BCUT2D eigenvalue weighted by molar-refractivity contribution is 5.70. The Hall–Kier alpha value is -1.65. The van der Waals surface area contributed by atoms with Gasteiger partial charge in [0.1, 0.15) is 6.10 Å². The number of esters is 1. The molecule has 5 atom stereocenters. The predicted molar refractivity (Wildman–Crippen MR) is 103 cm³/mol. The van der Waals surface area contributed by atoms with Gasteiger partial charge in [0, 0.05) is 18.8 Å². The molecule has 1 fully saturated rings. The van der Waals surface area contributed by atoms with E-state index in [1.807, 2.05) is 18.2 Å². The van der Waals surface area contributed by atoms with E-state index in [0.29, 0.717) is 12.8 Å². The van der Waals surface area contributed by atoms with Crippen molar-refractivity contribution in [2.45, 2.75) is 70.2 Å². The molecular formula is C22H32O4. The van der Waals surface area contributed by atoms with Gasteiger partial charge in [-0.15, -0.1) is 0 Å². The normalized spacial score (nSPS) is 30.3. The van der Waals surface area contributed by atoms with Gasteiger partial charge >= 0.3 is 5.97 Å². The summed E-state index contributed by atoms with van der Waals surface area (Å²) in [4.78, 5) is 11.7. The zero-order chi connectivity index (χ0) is 18.8. The van der Waals surface area contributed by atoms with Crippen LogP contribution in [0.2, 0.25) is 0 Å². The molecule has 1 heterocycles. The molecule has 144 valence electrons. The van der Waals surface area contributed by atoms with Crippen molar-refractivity contribution in [2.75, 3.05) is 0 Å². The molecule has 0 aromatic heterocycles. The minimum atomic E-state index is -0.598. The molecule has 4 nitrogen and oxygen atoms in total. The van der Waals surface area contributed by atoms with E-state index in [9.17, 15) is 15.0 Å². The third kappa shape index (κ3) is 7.30. The SMILES string of the molecule is CC/C=C\C/C=C\CC(O)/C=C/[C@@H](O)[C@@H]1CC1[C@H]1C/C=C\CCC(=O)O1. The van der Waals surface area contributed by atoms with Crippen LogP contribution in [0.1, 0.15) is 51.9 Å². The Morgan fingerprint density at radius 2 is 2.00 bits per heavy atom. The van der Waals surface area contributed by atoms with Crippen molar-refractivity contribution in [3.05, 3.63) is 48.6 Å². The lowest BCUT2D eigenvalue weighted by atomic mass is 10.0. The molecule has 0 amide bonds. The van der Waals surface area contributed by atoms with Crippen LogP contribution in [-0.2, 0) is 9.53 Å². The largest absolute Gasteiger partial charge is 0.462 e. The Morgan fingerprint density at radius 3 is 2.81 bits per heavy atom. The van der Waals surface area contributed by atoms with Gasteiger partial charge < -0.3 is 14.9 Å². The smallest absolute Gasteiger partial charge is 0.306 e. The maximum absolute atomic E-state index is 11.7. The summed E-state index contributed by atoms with van der Waals surface area (Å²) >= 11 is 0. The molecular weight excluding hydrogens is 328 g/mol. The summed E-state index contributed by atoms with van der Waals surface area (Å²) in [5.41, 5.74) is 0. The van der Waals surface area contributed by atoms with Gasteiger partial charge in [-0.1, -0.05) is 55.5 Å². The number of carbonyl (C=O) groups excluding carboxylic acids is 1. The second-order valence-corrected chi connectivity index (χ2v) is 7.10. The Morgan fingerprint density at radius 1 is 1.19 bits per heavy atom. The van der Waals surface area contributed by atoms with Gasteiger partial charge in [0.15, 0.2) is 0 Å². The molecule has 1 aliphatic heterocycles. The summed E-state index contributed by atoms with van der Waals surface area (Å²) < 4.78 is 5.53. The maximum atomic E-state index is 11.7. The molecule has 0 bridgehead atoms. The van der Waals surface area contributed by atoms with Crippen molar-refractivity contribution in [1.82, 2.24) is 0 Å². The van der Waals surface area contributed by atoms with Gasteiger partial charge in [0.25, 0.3) is 0 Å². The van der Waals surface area contributed by atoms with Crippen molar-refractivity contribution >= 4 is 5.97 Å². The molecule has 1 aliphatic carbocycles. The van der Waals surface area contributed by atoms with Crippen molar-refractivity contribution in [3.8, 4) is 0 Å². The quantitative estimate of drug-likeness (QED) is 0.484. The molecule has 2 unspecified atom stereocenters. The lowest BCUT2D eigenvalue weighted by Gasteiger charge is -2.19. The number of ether oxygens (including phenoxy) is 1. The van der Waals surface area contributed by atoms with Crippen LogP contribution in [-0.4, -0.2) is 34.5 Å². The van der Waals surface area contributed by atoms with E-state index >= 15 is 0 Å². The van der Waals surface area contributed by atoms with Gasteiger partial charge in [-0.05, 0) is 38.0 Å². The summed E-state index contributed by atoms with van der Waals surface area (Å²) in [6.45, 7) is 2.10. The van der Waals surface area contributed by atoms with E-state index in [-0.39, 0.29) is 23.9 Å². The molecule has 1 saturated carbocycles. The van der Waals surface area contributed by atoms with E-state index in [0.717, 1.165) is 32.1 Å². The van der Waals surface area contributed by atoms with E-state index in [1.54, 1.807) is 12.2 Å². The van der Waals surface area contributed by atoms with E-state index in [1.165, 1.54) is 0 Å². The van der Waals surface area contributed by atoms with Gasteiger partial charge in [-0.3, -0.25) is 4.79 Å². The number of allylic oxidation sites excluding steroid dienone is 4. The van der Waals surface area contributed by atoms with Gasteiger partial charge in [-0.25, -0.2) is 0 Å². The van der Waals surface area contributed by atoms with Crippen LogP contribution in [0.15, 0.2) is 48.6 Å². The molecule has 4 heteroatoms. The van der Waals surface area contributed by atoms with Crippen LogP contribution in [0.5, 0.6) is 0 Å². The predicted octanol–water partition coefficient (Wildman–Crippen LogP) is 3.86. The van der Waals surface area contributed by atoms with Gasteiger partial charge in [0.2, 0.25) is 0 Å². The number of aliphatic hydroxyl groups excluding tert-OH is 2. The first-order valence-electron chi connectivity index (χ1n) is 9.80. The average molecular weight is 360 g/mol. The van der Waals surface area contributed by atoms with Crippen LogP contribution in [0.3, 0.4) is 0 Å². The standard InChI is InChI=1S/C22H32O4/c1-2-3-4-5-6-8-11-17(23)14-15-20(24)18-16-19(18)21-12-9-7-10-13-22(25)26-21/h3-4,6-9,14-15,17-21,23-24H,2,5,10-13,16H2,1H3/b4-3-,8-6-,9-7-,15-14+/t17?,18-,19?,20-,21-/m1/s1. The van der Waals surface area contributed by atoms with Crippen molar-refractivity contribution in [3.63, 3.8) is 0 Å². The molecule has 0 aromatic carbocycles. The molecule has 2 rings (SSSR count). The van der Waals surface area contributed by atoms with Crippen LogP contribution in [0, 0.1) is 11.8 Å². The van der Waals surface area contributed by atoms with Crippen molar-refractivity contribution in [2.24, 2.45) is 11.8 Å². The van der Waals surface area contributed by atoms with Crippen molar-refractivity contribution < 1.29 is 19.7 Å². The number of aliphatic hydroxyl groups is 2. The van der Waals surface area contributed by atoms with E-state index < -0.39 is 12.2 Å². The van der Waals surface area contributed by atoms with Gasteiger partial charge in [0.05, 0.1) is 12.2 Å². The fourth-order valence-electron chi connectivity index (χ4n) is 3.28. The van der Waals surface area contributed by atoms with Crippen molar-refractivity contribution in [1.29, 1.82) is 0 Å². The molecule has 2 aliphatic rings. The summed E-state index contributed by atoms with van der Waals surface area (Å²) in [5.74, 6) is 0.175. The minimum absolute atomic E-state index is 0.110. The second kappa shape index (κ2) is 11.1. The lowest BCUT2D eigenvalue weighted by molar-refractivity contribution is -0.150. The van der Waals surface area contributed by atoms with Crippen LogP contribution in [0.25, 0.3) is 0 Å². The topological polar surface area (TPSA) is 66.8 Å². The fourth-order valence-corrected chi connectivity index (χ4v) is 3.28. The summed E-state index contributed by atoms with van der Waals surface area (Å²) in [7, 11) is 0. The summed E-state index contributed by atoms with van der Waals surface area (Å²) in [6, 6.07) is 0. The highest BCUT2D eigenvalue weighted by Crippen LogP contribution is 2.46. The zero-order valence-corrected chi connectivity index (χ0v) is 15.7. The first-order chi connectivity index (χ1) is 12.6. The summed E-state index contributed by atoms with van der Waals surface area (Å²) in [5, 5.41) is 20.3. The highest BCUT2D eigenvalue weighted by Gasteiger charge is 2.47. The molecule has 0 spiro atoms.